The lowest BCUT2D eigenvalue weighted by molar-refractivity contribution is -0.132. The van der Waals surface area contributed by atoms with Crippen LogP contribution in [0.15, 0.2) is 47.6 Å². The lowest BCUT2D eigenvalue weighted by Gasteiger charge is -2.25. The molecule has 0 spiro atoms. The van der Waals surface area contributed by atoms with Gasteiger partial charge < -0.3 is 5.11 Å². The minimum atomic E-state index is -0.822. The molecule has 124 valence electrons. The second-order valence-electron chi connectivity index (χ2n) is 6.31. The molecule has 0 fully saturated rings. The van der Waals surface area contributed by atoms with Gasteiger partial charge in [0.25, 0.3) is 0 Å². The van der Waals surface area contributed by atoms with Crippen molar-refractivity contribution in [3.8, 4) is 0 Å². The fourth-order valence-electron chi connectivity index (χ4n) is 2.10. The van der Waals surface area contributed by atoms with E-state index in [-0.39, 0.29) is 5.41 Å². The third kappa shape index (κ3) is 8.66. The van der Waals surface area contributed by atoms with Crippen LogP contribution in [0.1, 0.15) is 66.7 Å². The van der Waals surface area contributed by atoms with Crippen molar-refractivity contribution >= 4 is 5.97 Å². The van der Waals surface area contributed by atoms with Crippen LogP contribution in [0.2, 0.25) is 0 Å². The van der Waals surface area contributed by atoms with Crippen LogP contribution >= 0.6 is 0 Å². The Hall–Kier alpha value is -1.57. The zero-order valence-electron chi connectivity index (χ0n) is 14.9. The topological polar surface area (TPSA) is 37.3 Å². The van der Waals surface area contributed by atoms with Gasteiger partial charge in [-0.25, -0.2) is 4.79 Å². The largest absolute Gasteiger partial charge is 0.478 e. The van der Waals surface area contributed by atoms with Gasteiger partial charge in [-0.2, -0.15) is 0 Å². The molecule has 0 radical (unpaired) electrons. The van der Waals surface area contributed by atoms with Gasteiger partial charge in [0.05, 0.1) is 0 Å². The summed E-state index contributed by atoms with van der Waals surface area (Å²) in [6.07, 6.45) is 18.3. The Morgan fingerprint density at radius 3 is 1.82 bits per heavy atom. The van der Waals surface area contributed by atoms with Crippen molar-refractivity contribution in [2.75, 3.05) is 0 Å². The van der Waals surface area contributed by atoms with Gasteiger partial charge in [-0.1, -0.05) is 55.9 Å². The average molecular weight is 304 g/mol. The lowest BCUT2D eigenvalue weighted by atomic mass is 9.79. The molecule has 1 N–H and O–H groups in total. The molecule has 2 heteroatoms. The number of hydrogen-bond donors (Lipinski definition) is 1. The van der Waals surface area contributed by atoms with Crippen LogP contribution in [-0.2, 0) is 4.79 Å². The number of allylic oxidation sites excluding steroid dienone is 7. The molecule has 22 heavy (non-hydrogen) atoms. The van der Waals surface area contributed by atoms with E-state index >= 15 is 0 Å². The smallest absolute Gasteiger partial charge is 0.331 e. The summed E-state index contributed by atoms with van der Waals surface area (Å²) in [5, 5.41) is 9.07. The van der Waals surface area contributed by atoms with Crippen LogP contribution in [0.3, 0.4) is 0 Å². The van der Waals surface area contributed by atoms with Crippen molar-refractivity contribution in [3.63, 3.8) is 0 Å². The first-order valence-electron chi connectivity index (χ1n) is 8.15. The van der Waals surface area contributed by atoms with Crippen molar-refractivity contribution in [2.24, 2.45) is 5.41 Å². The Balaban J connectivity index is 4.16. The van der Waals surface area contributed by atoms with Crippen LogP contribution in [0.5, 0.6) is 0 Å². The molecule has 0 aliphatic carbocycles. The first kappa shape index (κ1) is 20.4. The molecule has 0 rings (SSSR count). The molecular formula is C20H32O2. The minimum Gasteiger partial charge on any atom is -0.478 e. The normalized spacial score (nSPS) is 14.2. The van der Waals surface area contributed by atoms with Gasteiger partial charge in [0.15, 0.2) is 0 Å². The van der Waals surface area contributed by atoms with Crippen molar-refractivity contribution < 1.29 is 9.90 Å². The van der Waals surface area contributed by atoms with Crippen molar-refractivity contribution in [3.05, 3.63) is 47.6 Å². The van der Waals surface area contributed by atoms with Crippen LogP contribution in [-0.4, -0.2) is 11.1 Å². The van der Waals surface area contributed by atoms with Gasteiger partial charge in [-0.3, -0.25) is 0 Å². The Labute approximate surface area is 136 Å². The Morgan fingerprint density at radius 1 is 0.909 bits per heavy atom. The fourth-order valence-corrected chi connectivity index (χ4v) is 2.10. The van der Waals surface area contributed by atoms with Gasteiger partial charge >= 0.3 is 5.97 Å². The number of hydrogen-bond acceptors (Lipinski definition) is 1. The molecule has 0 aromatic heterocycles. The van der Waals surface area contributed by atoms with E-state index in [0.29, 0.717) is 5.57 Å². The molecule has 0 unspecified atom stereocenters. The molecule has 0 aliphatic rings. The second kappa shape index (κ2) is 11.1. The molecule has 0 bridgehead atoms. The minimum absolute atomic E-state index is 0.110. The maximum Gasteiger partial charge on any atom is 0.331 e. The highest BCUT2D eigenvalue weighted by molar-refractivity contribution is 5.86. The van der Waals surface area contributed by atoms with Crippen molar-refractivity contribution in [1.29, 1.82) is 0 Å². The highest BCUT2D eigenvalue weighted by Gasteiger charge is 2.22. The summed E-state index contributed by atoms with van der Waals surface area (Å²) in [7, 11) is 0. The van der Waals surface area contributed by atoms with Crippen LogP contribution < -0.4 is 0 Å². The summed E-state index contributed by atoms with van der Waals surface area (Å²) in [6, 6.07) is 0. The van der Waals surface area contributed by atoms with Gasteiger partial charge in [0.1, 0.15) is 0 Å². The number of rotatable bonds is 10. The van der Waals surface area contributed by atoms with Gasteiger partial charge in [0.2, 0.25) is 0 Å². The Kier molecular flexibility index (Phi) is 10.3. The zero-order valence-corrected chi connectivity index (χ0v) is 14.9. The highest BCUT2D eigenvalue weighted by atomic mass is 16.4. The van der Waals surface area contributed by atoms with E-state index in [0.717, 1.165) is 37.7 Å². The van der Waals surface area contributed by atoms with E-state index in [9.17, 15) is 4.79 Å². The van der Waals surface area contributed by atoms with Gasteiger partial charge in [-0.05, 0) is 58.3 Å². The predicted octanol–water partition coefficient (Wildman–Crippen LogP) is 6.07. The van der Waals surface area contributed by atoms with Crippen LogP contribution in [0.25, 0.3) is 0 Å². The van der Waals surface area contributed by atoms with E-state index in [1.54, 1.807) is 6.92 Å². The number of unbranched alkanes of at least 4 members (excludes halogenated alkanes) is 2. The number of carboxylic acid groups (broad SMARTS) is 1. The summed E-state index contributed by atoms with van der Waals surface area (Å²) >= 11 is 0. The molecule has 0 saturated heterocycles. The highest BCUT2D eigenvalue weighted by Crippen LogP contribution is 2.32. The van der Waals surface area contributed by atoms with E-state index < -0.39 is 5.97 Å². The van der Waals surface area contributed by atoms with Crippen LogP contribution in [0.4, 0.5) is 0 Å². The van der Waals surface area contributed by atoms with Crippen molar-refractivity contribution in [1.82, 2.24) is 0 Å². The molecule has 0 aliphatic heterocycles. The summed E-state index contributed by atoms with van der Waals surface area (Å²) in [5.74, 6) is -0.822. The van der Waals surface area contributed by atoms with E-state index in [1.807, 2.05) is 13.8 Å². The molecule has 2 nitrogen and oxygen atoms in total. The third-order valence-corrected chi connectivity index (χ3v) is 4.10. The van der Waals surface area contributed by atoms with E-state index in [4.69, 9.17) is 5.11 Å². The predicted molar refractivity (Wildman–Crippen MR) is 96.0 cm³/mol. The molecule has 0 aromatic carbocycles. The standard InChI is InChI=1S/C20H32O2/c1-6-7-8-9-10-11-12-13-14-15-16-20(4,5)18(3)17(2)19(21)22/h6-7,10-11,14-15H,8-9,12-13,16H2,1-5H3,(H,21,22)/b7-6+,11-10+,15-14+,18-17+. The lowest BCUT2D eigenvalue weighted by Crippen LogP contribution is -2.16. The summed E-state index contributed by atoms with van der Waals surface area (Å²) in [5.41, 5.74) is 1.30. The molecule has 0 saturated carbocycles. The zero-order chi connectivity index (χ0) is 17.0. The fraction of sp³-hybridized carbons (Fsp3) is 0.550. The van der Waals surface area contributed by atoms with Gasteiger partial charge in [-0.15, -0.1) is 0 Å². The second-order valence-corrected chi connectivity index (χ2v) is 6.31. The Bertz CT molecular complexity index is 448. The molecule has 0 heterocycles. The summed E-state index contributed by atoms with van der Waals surface area (Å²) in [4.78, 5) is 11.0. The SMILES string of the molecule is C/C=C/CC/C=C/CC/C=C/CC(C)(C)/C(C)=C(\C)C(=O)O. The van der Waals surface area contributed by atoms with Crippen molar-refractivity contribution in [2.45, 2.75) is 66.7 Å². The van der Waals surface area contributed by atoms with E-state index in [2.05, 4.69) is 50.3 Å². The number of aliphatic carboxylic acids is 1. The molecule has 0 aromatic rings. The van der Waals surface area contributed by atoms with E-state index in [1.165, 1.54) is 0 Å². The average Bonchev–Trinajstić information content (AvgIpc) is 2.47. The molecular weight excluding hydrogens is 272 g/mol. The first-order chi connectivity index (χ1) is 10.3. The quantitative estimate of drug-likeness (QED) is 0.302. The summed E-state index contributed by atoms with van der Waals surface area (Å²) < 4.78 is 0. The molecule has 0 atom stereocenters. The first-order valence-corrected chi connectivity index (χ1v) is 8.15. The maximum atomic E-state index is 11.0. The third-order valence-electron chi connectivity index (χ3n) is 4.10. The summed E-state index contributed by atoms with van der Waals surface area (Å²) in [6.45, 7) is 9.85. The number of carbonyl (C=O) groups is 1. The Morgan fingerprint density at radius 2 is 1.36 bits per heavy atom. The van der Waals surface area contributed by atoms with Gasteiger partial charge in [0, 0.05) is 5.57 Å². The van der Waals surface area contributed by atoms with Crippen LogP contribution in [0, 0.1) is 5.41 Å². The monoisotopic (exact) mass is 304 g/mol. The number of carboxylic acids is 1. The molecule has 0 amide bonds. The maximum absolute atomic E-state index is 11.0.